The molecule has 1 aliphatic rings. The number of nitrogens with zero attached hydrogens (tertiary/aromatic N) is 2. The third-order valence-corrected chi connectivity index (χ3v) is 7.79. The van der Waals surface area contributed by atoms with Crippen molar-refractivity contribution in [2.45, 2.75) is 30.2 Å². The minimum atomic E-state index is -0.148. The zero-order chi connectivity index (χ0) is 23.0. The Morgan fingerprint density at radius 3 is 2.56 bits per heavy atom. The van der Waals surface area contributed by atoms with Crippen molar-refractivity contribution in [3.05, 3.63) is 84.3 Å². The van der Waals surface area contributed by atoms with Crippen molar-refractivity contribution in [2.24, 2.45) is 5.92 Å². The summed E-state index contributed by atoms with van der Waals surface area (Å²) in [6.45, 7) is 4.34. The highest BCUT2D eigenvalue weighted by Crippen LogP contribution is 2.49. The van der Waals surface area contributed by atoms with Gasteiger partial charge in [-0.25, -0.2) is 9.37 Å². The van der Waals surface area contributed by atoms with Crippen LogP contribution in [0.2, 0.25) is 0 Å². The molecule has 7 rings (SSSR count). The average Bonchev–Trinajstić information content (AvgIpc) is 2.83. The Morgan fingerprint density at radius 2 is 1.68 bits per heavy atom. The minimum Gasteiger partial charge on any atom is -0.255 e. The fourth-order valence-corrected chi connectivity index (χ4v) is 6.42. The van der Waals surface area contributed by atoms with Crippen LogP contribution in [0.15, 0.2) is 82.8 Å². The molecule has 0 saturated heterocycles. The molecule has 0 saturated carbocycles. The Hall–Kier alpha value is -3.50. The van der Waals surface area contributed by atoms with E-state index in [0.29, 0.717) is 11.3 Å². The highest BCUT2D eigenvalue weighted by molar-refractivity contribution is 7.99. The first-order chi connectivity index (χ1) is 16.6. The van der Waals surface area contributed by atoms with Gasteiger partial charge in [0.2, 0.25) is 0 Å². The van der Waals surface area contributed by atoms with Gasteiger partial charge in [0.1, 0.15) is 10.8 Å². The topological polar surface area (TPSA) is 25.8 Å². The summed E-state index contributed by atoms with van der Waals surface area (Å²) in [4.78, 5) is 10.9. The zero-order valence-corrected chi connectivity index (χ0v) is 19.7. The van der Waals surface area contributed by atoms with Gasteiger partial charge in [0, 0.05) is 32.8 Å². The van der Waals surface area contributed by atoms with E-state index in [9.17, 15) is 0 Å². The van der Waals surface area contributed by atoms with E-state index in [0.717, 1.165) is 71.0 Å². The van der Waals surface area contributed by atoms with Gasteiger partial charge in [-0.1, -0.05) is 62.0 Å². The van der Waals surface area contributed by atoms with Gasteiger partial charge in [-0.3, -0.25) is 4.98 Å². The molecular weight excluding hydrogens is 439 g/mol. The van der Waals surface area contributed by atoms with Crippen molar-refractivity contribution < 1.29 is 4.39 Å². The lowest BCUT2D eigenvalue weighted by Gasteiger charge is -2.21. The number of para-hydroxylation sites is 1. The van der Waals surface area contributed by atoms with Crippen LogP contribution in [0, 0.1) is 11.7 Å². The number of hydrogen-bond acceptors (Lipinski definition) is 3. The van der Waals surface area contributed by atoms with Gasteiger partial charge in [0.25, 0.3) is 0 Å². The van der Waals surface area contributed by atoms with Gasteiger partial charge in [-0.15, -0.1) is 0 Å². The molecule has 0 bridgehead atoms. The summed E-state index contributed by atoms with van der Waals surface area (Å²) >= 11 is 1.69. The maximum Gasteiger partial charge on any atom is 0.131 e. The molecule has 0 N–H and O–H groups in total. The van der Waals surface area contributed by atoms with Crippen LogP contribution < -0.4 is 0 Å². The second-order valence-corrected chi connectivity index (χ2v) is 10.6. The van der Waals surface area contributed by atoms with E-state index in [1.54, 1.807) is 17.8 Å². The second kappa shape index (κ2) is 7.25. The van der Waals surface area contributed by atoms with E-state index < -0.39 is 0 Å². The number of aromatic nitrogens is 2. The van der Waals surface area contributed by atoms with Crippen LogP contribution in [0.4, 0.5) is 4.39 Å². The van der Waals surface area contributed by atoms with E-state index in [2.05, 4.69) is 50.2 Å². The van der Waals surface area contributed by atoms with Crippen molar-refractivity contribution in [2.75, 3.05) is 0 Å². The molecule has 4 aromatic carbocycles. The average molecular weight is 461 g/mol. The minimum absolute atomic E-state index is 0.148. The molecule has 0 unspecified atom stereocenters. The van der Waals surface area contributed by atoms with Crippen molar-refractivity contribution in [1.29, 1.82) is 0 Å². The van der Waals surface area contributed by atoms with E-state index in [1.165, 1.54) is 0 Å². The lowest BCUT2D eigenvalue weighted by Crippen LogP contribution is -1.99. The van der Waals surface area contributed by atoms with Gasteiger partial charge in [-0.05, 0) is 69.8 Å². The number of halogens is 1. The zero-order valence-electron chi connectivity index (χ0n) is 18.9. The fraction of sp³-hybridized carbons (Fsp3) is 0.133. The van der Waals surface area contributed by atoms with Crippen LogP contribution in [0.1, 0.15) is 19.4 Å². The van der Waals surface area contributed by atoms with E-state index in [-0.39, 0.29) is 5.82 Å². The molecule has 0 spiro atoms. The fourth-order valence-electron chi connectivity index (χ4n) is 5.32. The van der Waals surface area contributed by atoms with Crippen molar-refractivity contribution >= 4 is 55.0 Å². The molecule has 164 valence electrons. The maximum atomic E-state index is 15.1. The van der Waals surface area contributed by atoms with Crippen LogP contribution >= 0.6 is 11.8 Å². The van der Waals surface area contributed by atoms with Crippen LogP contribution in [0.3, 0.4) is 0 Å². The first-order valence-electron chi connectivity index (χ1n) is 11.6. The van der Waals surface area contributed by atoms with Gasteiger partial charge >= 0.3 is 0 Å². The monoisotopic (exact) mass is 460 g/mol. The number of benzene rings is 4. The smallest absolute Gasteiger partial charge is 0.131 e. The summed E-state index contributed by atoms with van der Waals surface area (Å²) in [5, 5.41) is 8.26. The number of pyridine rings is 2. The van der Waals surface area contributed by atoms with Gasteiger partial charge in [0.05, 0.1) is 11.2 Å². The lowest BCUT2D eigenvalue weighted by molar-refractivity contribution is 0.622. The van der Waals surface area contributed by atoms with Gasteiger partial charge in [0.15, 0.2) is 0 Å². The Bertz CT molecular complexity index is 1810. The Labute approximate surface area is 200 Å². The van der Waals surface area contributed by atoms with Crippen molar-refractivity contribution in [3.63, 3.8) is 0 Å². The quantitative estimate of drug-likeness (QED) is 0.242. The van der Waals surface area contributed by atoms with Crippen molar-refractivity contribution in [3.8, 4) is 11.3 Å². The third kappa shape index (κ3) is 2.88. The molecule has 0 fully saturated rings. The number of fused-ring (bicyclic) bond motifs is 7. The first kappa shape index (κ1) is 19.9. The van der Waals surface area contributed by atoms with Crippen LogP contribution in [-0.4, -0.2) is 9.97 Å². The molecule has 1 aliphatic heterocycles. The molecular formula is C30H21FN2S. The third-order valence-electron chi connectivity index (χ3n) is 6.74. The summed E-state index contributed by atoms with van der Waals surface area (Å²) in [6.07, 6.45) is 2.74. The molecule has 2 aromatic heterocycles. The summed E-state index contributed by atoms with van der Waals surface area (Å²) < 4.78 is 15.1. The molecule has 6 aromatic rings. The van der Waals surface area contributed by atoms with E-state index in [1.807, 2.05) is 30.5 Å². The molecule has 3 heterocycles. The Balaban J connectivity index is 1.57. The highest BCUT2D eigenvalue weighted by Gasteiger charge is 2.24. The second-order valence-electron chi connectivity index (χ2n) is 9.52. The summed E-state index contributed by atoms with van der Waals surface area (Å²) in [5.41, 5.74) is 4.08. The Kier molecular flexibility index (Phi) is 4.25. The largest absolute Gasteiger partial charge is 0.255 e. The lowest BCUT2D eigenvalue weighted by atomic mass is 9.93. The molecule has 0 aliphatic carbocycles. The van der Waals surface area contributed by atoms with Crippen molar-refractivity contribution in [1.82, 2.24) is 9.97 Å². The number of hydrogen-bond donors (Lipinski definition) is 0. The Morgan fingerprint density at radius 1 is 0.853 bits per heavy atom. The highest BCUT2D eigenvalue weighted by atomic mass is 32.2. The van der Waals surface area contributed by atoms with Crippen LogP contribution in [-0.2, 0) is 6.42 Å². The molecule has 4 heteroatoms. The number of rotatable bonds is 2. The first-order valence-corrected chi connectivity index (χ1v) is 12.4. The molecule has 0 radical (unpaired) electrons. The maximum absolute atomic E-state index is 15.1. The molecule has 2 nitrogen and oxygen atoms in total. The molecule has 34 heavy (non-hydrogen) atoms. The summed E-state index contributed by atoms with van der Waals surface area (Å²) in [5.74, 6) is 0.320. The van der Waals surface area contributed by atoms with Gasteiger partial charge in [-0.2, -0.15) is 0 Å². The standard InChI is InChI=1S/C30H21FN2S/c1-16(2)11-17-12-22-20(25(31)13-17)8-7-19-21-9-10-32-29-24-14-18-5-3-4-6-26(18)33-30(24)34-27(28(21)29)15-23(19)22/h3-10,12-16H,11H2,1-2H3. The van der Waals surface area contributed by atoms with Crippen LogP contribution in [0.25, 0.3) is 54.5 Å². The van der Waals surface area contributed by atoms with Crippen LogP contribution in [0.5, 0.6) is 0 Å². The summed E-state index contributed by atoms with van der Waals surface area (Å²) in [6, 6.07) is 22.6. The van der Waals surface area contributed by atoms with E-state index in [4.69, 9.17) is 9.97 Å². The van der Waals surface area contributed by atoms with Gasteiger partial charge < -0.3 is 0 Å². The van der Waals surface area contributed by atoms with E-state index >= 15 is 4.39 Å². The normalized spacial score (nSPS) is 12.8. The molecule has 0 atom stereocenters. The molecule has 0 amide bonds. The SMILES string of the molecule is CC(C)Cc1cc(F)c2ccc3c4ccnc5c4c(cc3c2c1)Sc1nc2ccccc2cc1-5. The summed E-state index contributed by atoms with van der Waals surface area (Å²) in [7, 11) is 0. The predicted octanol–water partition coefficient (Wildman–Crippen LogP) is 8.56. The predicted molar refractivity (Wildman–Crippen MR) is 140 cm³/mol.